The maximum Gasteiger partial charge on any atom is 0.0703 e. The van der Waals surface area contributed by atoms with Crippen LogP contribution in [0.15, 0.2) is 0 Å². The smallest absolute Gasteiger partial charge is 0.0703 e. The number of hydrogen-bond donors (Lipinski definition) is 1. The zero-order valence-electron chi connectivity index (χ0n) is 5.44. The van der Waals surface area contributed by atoms with Gasteiger partial charge >= 0.3 is 0 Å². The molecule has 0 amide bonds. The first-order valence-electron chi connectivity index (χ1n) is 2.69. The molecule has 3 nitrogen and oxygen atoms in total. The number of nitrogens with one attached hydrogen (secondary N) is 1. The maximum absolute atomic E-state index is 4.81. The molecule has 0 saturated heterocycles. The summed E-state index contributed by atoms with van der Waals surface area (Å²) in [6.45, 7) is 1.48. The van der Waals surface area contributed by atoms with Gasteiger partial charge < -0.3 is 9.57 Å². The van der Waals surface area contributed by atoms with Crippen LogP contribution in [0.1, 0.15) is 6.42 Å². The van der Waals surface area contributed by atoms with Crippen molar-refractivity contribution in [3.8, 4) is 0 Å². The van der Waals surface area contributed by atoms with Crippen molar-refractivity contribution in [3.63, 3.8) is 0 Å². The first-order chi connectivity index (χ1) is 3.91. The van der Waals surface area contributed by atoms with Crippen molar-refractivity contribution in [2.75, 3.05) is 27.4 Å². The van der Waals surface area contributed by atoms with Gasteiger partial charge in [-0.15, -0.1) is 0 Å². The molecule has 0 fully saturated rings. The minimum Gasteiger partial charge on any atom is -0.385 e. The van der Waals surface area contributed by atoms with E-state index >= 15 is 0 Å². The van der Waals surface area contributed by atoms with E-state index in [1.807, 2.05) is 0 Å². The van der Waals surface area contributed by atoms with E-state index in [0.29, 0.717) is 6.61 Å². The Balaban J connectivity index is 2.53. The molecule has 0 aliphatic carbocycles. The molecule has 1 N–H and O–H groups in total. The summed E-state index contributed by atoms with van der Waals surface area (Å²) in [5, 5.41) is 0. The molecule has 0 heterocycles. The molecule has 0 atom stereocenters. The van der Waals surface area contributed by atoms with Gasteiger partial charge in [-0.05, 0) is 6.42 Å². The summed E-state index contributed by atoms with van der Waals surface area (Å²) in [5.74, 6) is 0. The van der Waals surface area contributed by atoms with Crippen LogP contribution in [-0.2, 0) is 9.57 Å². The molecule has 0 aromatic carbocycles. The molecule has 0 aliphatic heterocycles. The molecule has 0 aromatic heterocycles. The van der Waals surface area contributed by atoms with Crippen molar-refractivity contribution in [1.29, 1.82) is 0 Å². The third kappa shape index (κ3) is 5.88. The van der Waals surface area contributed by atoms with E-state index in [2.05, 4.69) is 5.48 Å². The third-order valence-electron chi connectivity index (χ3n) is 0.739. The molecule has 0 saturated carbocycles. The zero-order valence-corrected chi connectivity index (χ0v) is 5.44. The highest BCUT2D eigenvalue weighted by molar-refractivity contribution is 4.28. The van der Waals surface area contributed by atoms with Crippen LogP contribution in [0.2, 0.25) is 0 Å². The van der Waals surface area contributed by atoms with Crippen molar-refractivity contribution < 1.29 is 9.57 Å². The quantitative estimate of drug-likeness (QED) is 0.413. The Labute approximate surface area is 49.9 Å². The van der Waals surface area contributed by atoms with E-state index in [-0.39, 0.29) is 0 Å². The van der Waals surface area contributed by atoms with Gasteiger partial charge in [0, 0.05) is 20.8 Å². The molecule has 0 rings (SSSR count). The summed E-state index contributed by atoms with van der Waals surface area (Å²) < 4.78 is 4.78. The molecular weight excluding hydrogens is 106 g/mol. The highest BCUT2D eigenvalue weighted by Gasteiger charge is 1.82. The molecule has 8 heavy (non-hydrogen) atoms. The standard InChI is InChI=1S/C5H13NO2/c1-6-8-5-3-4-7-2/h6H,3-5H2,1-2H3. The van der Waals surface area contributed by atoms with E-state index in [0.717, 1.165) is 13.0 Å². The minimum atomic E-state index is 0.713. The lowest BCUT2D eigenvalue weighted by molar-refractivity contribution is 0.0428. The van der Waals surface area contributed by atoms with Gasteiger partial charge in [0.2, 0.25) is 0 Å². The number of rotatable bonds is 5. The SMILES string of the molecule is CNOCCCOC. The van der Waals surface area contributed by atoms with Crippen molar-refractivity contribution in [1.82, 2.24) is 5.48 Å². The summed E-state index contributed by atoms with van der Waals surface area (Å²) >= 11 is 0. The van der Waals surface area contributed by atoms with Gasteiger partial charge in [0.05, 0.1) is 6.61 Å². The van der Waals surface area contributed by atoms with Gasteiger partial charge in [0.15, 0.2) is 0 Å². The van der Waals surface area contributed by atoms with Crippen molar-refractivity contribution in [2.45, 2.75) is 6.42 Å². The predicted molar refractivity (Wildman–Crippen MR) is 31.5 cm³/mol. The zero-order chi connectivity index (χ0) is 6.24. The van der Waals surface area contributed by atoms with Gasteiger partial charge in [0.25, 0.3) is 0 Å². The molecule has 50 valence electrons. The Morgan fingerprint density at radius 2 is 2.12 bits per heavy atom. The average Bonchev–Trinajstić information content (AvgIpc) is 1.81. The number of methoxy groups -OCH3 is 1. The van der Waals surface area contributed by atoms with Crippen LogP contribution >= 0.6 is 0 Å². The number of hydroxylamine groups is 1. The third-order valence-corrected chi connectivity index (χ3v) is 0.739. The lowest BCUT2D eigenvalue weighted by Gasteiger charge is -1.98. The second kappa shape index (κ2) is 6.88. The lowest BCUT2D eigenvalue weighted by Crippen LogP contribution is -2.09. The fourth-order valence-electron chi connectivity index (χ4n) is 0.377. The largest absolute Gasteiger partial charge is 0.385 e. The molecule has 0 aromatic rings. The topological polar surface area (TPSA) is 30.5 Å². The average molecular weight is 119 g/mol. The second-order valence-corrected chi connectivity index (χ2v) is 1.40. The molecule has 0 aliphatic rings. The highest BCUT2D eigenvalue weighted by atomic mass is 16.6. The van der Waals surface area contributed by atoms with Crippen LogP contribution in [0.5, 0.6) is 0 Å². The first kappa shape index (κ1) is 7.88. The summed E-state index contributed by atoms with van der Waals surface area (Å²) in [6, 6.07) is 0. The van der Waals surface area contributed by atoms with Gasteiger partial charge in [-0.2, -0.15) is 0 Å². The fraction of sp³-hybridized carbons (Fsp3) is 1.00. The summed E-state index contributed by atoms with van der Waals surface area (Å²) in [7, 11) is 3.42. The van der Waals surface area contributed by atoms with Crippen LogP contribution in [0, 0.1) is 0 Å². The van der Waals surface area contributed by atoms with Crippen molar-refractivity contribution in [3.05, 3.63) is 0 Å². The van der Waals surface area contributed by atoms with Gasteiger partial charge in [0.1, 0.15) is 0 Å². The summed E-state index contributed by atoms with van der Waals surface area (Å²) in [4.78, 5) is 4.81. The fourth-order valence-corrected chi connectivity index (χ4v) is 0.377. The molecular formula is C5H13NO2. The molecule has 0 bridgehead atoms. The molecule has 0 unspecified atom stereocenters. The van der Waals surface area contributed by atoms with Crippen molar-refractivity contribution >= 4 is 0 Å². The Hall–Kier alpha value is -0.120. The van der Waals surface area contributed by atoms with Gasteiger partial charge in [-0.25, -0.2) is 5.48 Å². The second-order valence-electron chi connectivity index (χ2n) is 1.40. The Morgan fingerprint density at radius 1 is 1.38 bits per heavy atom. The Bertz CT molecular complexity index is 35.4. The van der Waals surface area contributed by atoms with E-state index in [4.69, 9.17) is 9.57 Å². The Kier molecular flexibility index (Phi) is 6.78. The highest BCUT2D eigenvalue weighted by Crippen LogP contribution is 1.78. The van der Waals surface area contributed by atoms with Crippen LogP contribution in [0.25, 0.3) is 0 Å². The van der Waals surface area contributed by atoms with E-state index < -0.39 is 0 Å². The molecule has 3 heteroatoms. The van der Waals surface area contributed by atoms with Gasteiger partial charge in [-0.3, -0.25) is 0 Å². The summed E-state index contributed by atoms with van der Waals surface area (Å²) in [6.07, 6.45) is 0.942. The molecule has 0 spiro atoms. The lowest BCUT2D eigenvalue weighted by atomic mass is 10.5. The van der Waals surface area contributed by atoms with E-state index in [9.17, 15) is 0 Å². The number of hydrogen-bond acceptors (Lipinski definition) is 3. The van der Waals surface area contributed by atoms with Crippen LogP contribution in [0.3, 0.4) is 0 Å². The number of ether oxygens (including phenoxy) is 1. The maximum atomic E-state index is 4.81. The Morgan fingerprint density at radius 3 is 2.62 bits per heavy atom. The predicted octanol–water partition coefficient (Wildman–Crippen LogP) is 0.174. The van der Waals surface area contributed by atoms with Crippen LogP contribution in [-0.4, -0.2) is 27.4 Å². The van der Waals surface area contributed by atoms with E-state index in [1.54, 1.807) is 14.2 Å². The normalized spacial score (nSPS) is 9.75. The van der Waals surface area contributed by atoms with Crippen LogP contribution < -0.4 is 5.48 Å². The summed E-state index contributed by atoms with van der Waals surface area (Å²) in [5.41, 5.74) is 2.57. The van der Waals surface area contributed by atoms with E-state index in [1.165, 1.54) is 0 Å². The van der Waals surface area contributed by atoms with Crippen LogP contribution in [0.4, 0.5) is 0 Å². The molecule has 0 radical (unpaired) electrons. The van der Waals surface area contributed by atoms with Gasteiger partial charge in [-0.1, -0.05) is 0 Å². The monoisotopic (exact) mass is 119 g/mol. The van der Waals surface area contributed by atoms with Crippen molar-refractivity contribution in [2.24, 2.45) is 0 Å². The first-order valence-corrected chi connectivity index (χ1v) is 2.69. The minimum absolute atomic E-state index is 0.713.